The van der Waals surface area contributed by atoms with E-state index in [9.17, 15) is 9.59 Å². The van der Waals surface area contributed by atoms with Crippen LogP contribution in [0, 0.1) is 5.92 Å². The van der Waals surface area contributed by atoms with Crippen molar-refractivity contribution >= 4 is 11.9 Å². The molecule has 0 rings (SSSR count). The van der Waals surface area contributed by atoms with Gasteiger partial charge in [0, 0.05) is 12.0 Å². The van der Waals surface area contributed by atoms with Crippen LogP contribution >= 0.6 is 0 Å². The highest BCUT2D eigenvalue weighted by molar-refractivity contribution is 5.88. The summed E-state index contributed by atoms with van der Waals surface area (Å²) in [6.07, 6.45) is 0.0574. The zero-order chi connectivity index (χ0) is 11.1. The fourth-order valence-electron chi connectivity index (χ4n) is 0.704. The molecular weight excluding hydrogens is 184 g/mol. The van der Waals surface area contributed by atoms with Gasteiger partial charge in [-0.1, -0.05) is 20.4 Å². The van der Waals surface area contributed by atoms with Gasteiger partial charge in [0.05, 0.1) is 6.61 Å². The molecule has 0 bridgehead atoms. The molecule has 0 aliphatic rings. The third-order valence-electron chi connectivity index (χ3n) is 1.48. The minimum Gasteiger partial charge on any atom is -0.481 e. The molecule has 0 fully saturated rings. The van der Waals surface area contributed by atoms with E-state index in [1.54, 1.807) is 0 Å². The van der Waals surface area contributed by atoms with Crippen LogP contribution in [0.25, 0.3) is 0 Å². The topological polar surface area (TPSA) is 63.6 Å². The third-order valence-corrected chi connectivity index (χ3v) is 1.48. The molecule has 14 heavy (non-hydrogen) atoms. The number of esters is 1. The largest absolute Gasteiger partial charge is 0.481 e. The lowest BCUT2D eigenvalue weighted by molar-refractivity contribution is -0.140. The second-order valence-electron chi connectivity index (χ2n) is 3.49. The van der Waals surface area contributed by atoms with Crippen LogP contribution in [0.15, 0.2) is 12.2 Å². The highest BCUT2D eigenvalue weighted by Gasteiger charge is 2.10. The Hall–Kier alpha value is -1.32. The Bertz CT molecular complexity index is 230. The van der Waals surface area contributed by atoms with Crippen molar-refractivity contribution in [3.63, 3.8) is 0 Å². The van der Waals surface area contributed by atoms with Crippen LogP contribution in [0.5, 0.6) is 0 Å². The van der Waals surface area contributed by atoms with E-state index in [1.807, 2.05) is 13.8 Å². The highest BCUT2D eigenvalue weighted by Crippen LogP contribution is 2.05. The Morgan fingerprint density at radius 2 is 1.93 bits per heavy atom. The first kappa shape index (κ1) is 12.7. The molecule has 0 unspecified atom stereocenters. The van der Waals surface area contributed by atoms with Crippen LogP contribution in [0.2, 0.25) is 0 Å². The van der Waals surface area contributed by atoms with E-state index in [-0.39, 0.29) is 24.3 Å². The number of hydrogen-bond acceptors (Lipinski definition) is 3. The number of rotatable bonds is 6. The van der Waals surface area contributed by atoms with Crippen molar-refractivity contribution in [2.24, 2.45) is 5.92 Å². The molecule has 0 aromatic rings. The molecule has 0 aliphatic carbocycles. The van der Waals surface area contributed by atoms with Gasteiger partial charge in [-0.05, 0) is 12.3 Å². The summed E-state index contributed by atoms with van der Waals surface area (Å²) in [5, 5.41) is 8.37. The van der Waals surface area contributed by atoms with Gasteiger partial charge in [-0.25, -0.2) is 4.79 Å². The normalized spacial score (nSPS) is 9.93. The predicted molar refractivity (Wildman–Crippen MR) is 51.8 cm³/mol. The lowest BCUT2D eigenvalue weighted by Gasteiger charge is -2.07. The summed E-state index contributed by atoms with van der Waals surface area (Å²) in [5.41, 5.74) is 0.216. The van der Waals surface area contributed by atoms with E-state index >= 15 is 0 Å². The summed E-state index contributed by atoms with van der Waals surface area (Å²) in [6.45, 7) is 7.65. The molecular formula is C10H16O4. The quantitative estimate of drug-likeness (QED) is 0.522. The zero-order valence-corrected chi connectivity index (χ0v) is 8.58. The molecule has 0 aromatic heterocycles. The fraction of sp³-hybridized carbons (Fsp3) is 0.600. The Labute approximate surface area is 83.6 Å². The van der Waals surface area contributed by atoms with E-state index in [0.717, 1.165) is 0 Å². The number of carbonyl (C=O) groups excluding carboxylic acids is 1. The summed E-state index contributed by atoms with van der Waals surface area (Å²) in [7, 11) is 0. The van der Waals surface area contributed by atoms with Gasteiger partial charge in [0.15, 0.2) is 0 Å². The zero-order valence-electron chi connectivity index (χ0n) is 8.58. The molecule has 0 radical (unpaired) electrons. The van der Waals surface area contributed by atoms with Crippen molar-refractivity contribution in [2.45, 2.75) is 26.7 Å². The van der Waals surface area contributed by atoms with Crippen molar-refractivity contribution in [3.8, 4) is 0 Å². The fourth-order valence-corrected chi connectivity index (χ4v) is 0.704. The van der Waals surface area contributed by atoms with Gasteiger partial charge in [-0.3, -0.25) is 4.79 Å². The molecule has 4 nitrogen and oxygen atoms in total. The Balaban J connectivity index is 3.77. The second-order valence-corrected chi connectivity index (χ2v) is 3.49. The molecule has 4 heteroatoms. The van der Waals surface area contributed by atoms with Gasteiger partial charge < -0.3 is 9.84 Å². The monoisotopic (exact) mass is 200 g/mol. The first-order valence-electron chi connectivity index (χ1n) is 4.50. The SMILES string of the molecule is C=C(CCC(=O)O)C(=O)OCC(C)C. The summed E-state index contributed by atoms with van der Waals surface area (Å²) in [4.78, 5) is 21.3. The average molecular weight is 200 g/mol. The molecule has 1 N–H and O–H groups in total. The lowest BCUT2D eigenvalue weighted by Crippen LogP contribution is -2.12. The minimum atomic E-state index is -0.942. The first-order chi connectivity index (χ1) is 6.43. The van der Waals surface area contributed by atoms with Gasteiger partial charge in [0.2, 0.25) is 0 Å². The summed E-state index contributed by atoms with van der Waals surface area (Å²) in [6, 6.07) is 0. The Kier molecular flexibility index (Phi) is 5.60. The second kappa shape index (κ2) is 6.18. The molecule has 0 aromatic carbocycles. The molecule has 0 heterocycles. The maximum absolute atomic E-state index is 11.1. The van der Waals surface area contributed by atoms with Crippen LogP contribution in [-0.4, -0.2) is 23.7 Å². The van der Waals surface area contributed by atoms with E-state index in [4.69, 9.17) is 9.84 Å². The number of carboxylic acids is 1. The summed E-state index contributed by atoms with van der Waals surface area (Å²) in [5.74, 6) is -1.17. The van der Waals surface area contributed by atoms with Crippen molar-refractivity contribution < 1.29 is 19.4 Å². The number of hydrogen-bond donors (Lipinski definition) is 1. The molecule has 0 saturated heterocycles. The molecule has 0 atom stereocenters. The summed E-state index contributed by atoms with van der Waals surface area (Å²) >= 11 is 0. The van der Waals surface area contributed by atoms with Crippen molar-refractivity contribution in [1.29, 1.82) is 0 Å². The molecule has 0 spiro atoms. The number of carboxylic acid groups (broad SMARTS) is 1. The van der Waals surface area contributed by atoms with E-state index in [1.165, 1.54) is 0 Å². The average Bonchev–Trinajstić information content (AvgIpc) is 2.09. The third kappa shape index (κ3) is 6.22. The predicted octanol–water partition coefficient (Wildman–Crippen LogP) is 1.61. The van der Waals surface area contributed by atoms with E-state index in [2.05, 4.69) is 6.58 Å². The number of aliphatic carboxylic acids is 1. The van der Waals surface area contributed by atoms with Crippen LogP contribution in [0.1, 0.15) is 26.7 Å². The van der Waals surface area contributed by atoms with Crippen LogP contribution < -0.4 is 0 Å². The molecule has 80 valence electrons. The van der Waals surface area contributed by atoms with Gasteiger partial charge in [-0.2, -0.15) is 0 Å². The number of carbonyl (C=O) groups is 2. The standard InChI is InChI=1S/C10H16O4/c1-7(2)6-14-10(13)8(3)4-5-9(11)12/h7H,3-6H2,1-2H3,(H,11,12). The highest BCUT2D eigenvalue weighted by atomic mass is 16.5. The number of ether oxygens (including phenoxy) is 1. The maximum atomic E-state index is 11.1. The lowest BCUT2D eigenvalue weighted by atomic mass is 10.1. The Morgan fingerprint density at radius 3 is 2.36 bits per heavy atom. The van der Waals surface area contributed by atoms with Crippen LogP contribution in [-0.2, 0) is 14.3 Å². The maximum Gasteiger partial charge on any atom is 0.333 e. The van der Waals surface area contributed by atoms with Gasteiger partial charge in [0.1, 0.15) is 0 Å². The van der Waals surface area contributed by atoms with Gasteiger partial charge in [0.25, 0.3) is 0 Å². The van der Waals surface area contributed by atoms with Crippen LogP contribution in [0.3, 0.4) is 0 Å². The van der Waals surface area contributed by atoms with Crippen molar-refractivity contribution in [2.75, 3.05) is 6.61 Å². The summed E-state index contributed by atoms with van der Waals surface area (Å²) < 4.78 is 4.87. The van der Waals surface area contributed by atoms with E-state index < -0.39 is 11.9 Å². The van der Waals surface area contributed by atoms with Crippen molar-refractivity contribution in [1.82, 2.24) is 0 Å². The molecule has 0 saturated carbocycles. The van der Waals surface area contributed by atoms with Crippen molar-refractivity contribution in [3.05, 3.63) is 12.2 Å². The minimum absolute atomic E-state index is 0.0877. The smallest absolute Gasteiger partial charge is 0.333 e. The first-order valence-corrected chi connectivity index (χ1v) is 4.50. The van der Waals surface area contributed by atoms with Gasteiger partial charge in [-0.15, -0.1) is 0 Å². The Morgan fingerprint density at radius 1 is 1.36 bits per heavy atom. The molecule has 0 aliphatic heterocycles. The van der Waals surface area contributed by atoms with Crippen LogP contribution in [0.4, 0.5) is 0 Å². The van der Waals surface area contributed by atoms with E-state index in [0.29, 0.717) is 6.61 Å². The molecule has 0 amide bonds. The van der Waals surface area contributed by atoms with Gasteiger partial charge >= 0.3 is 11.9 Å².